The van der Waals surface area contributed by atoms with Gasteiger partial charge in [0.1, 0.15) is 11.5 Å². The monoisotopic (exact) mass is 320 g/mol. The summed E-state index contributed by atoms with van der Waals surface area (Å²) in [5, 5.41) is 0. The van der Waals surface area contributed by atoms with Gasteiger partial charge in [-0.15, -0.1) is 0 Å². The first-order chi connectivity index (χ1) is 9.06. The Morgan fingerprint density at radius 2 is 1.84 bits per heavy atom. The van der Waals surface area contributed by atoms with Gasteiger partial charge in [-0.1, -0.05) is 28.1 Å². The number of halogens is 1. The Kier molecular flexibility index (Phi) is 4.32. The fraction of sp³-hybridized carbons (Fsp3) is 0.200. The molecular weight excluding hydrogens is 308 g/mol. The van der Waals surface area contributed by atoms with Crippen LogP contribution in [0.1, 0.15) is 18.9 Å². The molecule has 1 aromatic carbocycles. The number of hydrogen-bond donors (Lipinski definition) is 0. The van der Waals surface area contributed by atoms with Crippen molar-refractivity contribution < 1.29 is 9.21 Å². The molecule has 0 aliphatic rings. The van der Waals surface area contributed by atoms with E-state index in [0.717, 1.165) is 15.6 Å². The standard InChI is InChI=1S/C15H13BrO3/c1-10(17)2-3-11-6-9-14(18)19-15(11)12-4-7-13(16)8-5-12/h4-9H,2-3H2,1H3. The summed E-state index contributed by atoms with van der Waals surface area (Å²) >= 11 is 3.36. The molecule has 0 aliphatic heterocycles. The van der Waals surface area contributed by atoms with Crippen molar-refractivity contribution in [2.45, 2.75) is 19.8 Å². The van der Waals surface area contributed by atoms with E-state index in [1.807, 2.05) is 24.3 Å². The van der Waals surface area contributed by atoms with E-state index in [1.165, 1.54) is 6.07 Å². The van der Waals surface area contributed by atoms with Crippen LogP contribution in [0, 0.1) is 0 Å². The first kappa shape index (κ1) is 13.7. The number of ketones is 1. The molecule has 0 amide bonds. The summed E-state index contributed by atoms with van der Waals surface area (Å²) in [4.78, 5) is 22.5. The minimum Gasteiger partial charge on any atom is -0.422 e. The van der Waals surface area contributed by atoms with Crippen molar-refractivity contribution in [3.63, 3.8) is 0 Å². The van der Waals surface area contributed by atoms with Crippen LogP contribution in [0.25, 0.3) is 11.3 Å². The van der Waals surface area contributed by atoms with Gasteiger partial charge < -0.3 is 9.21 Å². The van der Waals surface area contributed by atoms with Crippen LogP contribution in [0.15, 0.2) is 50.1 Å². The third-order valence-corrected chi connectivity index (χ3v) is 3.30. The molecule has 4 heteroatoms. The summed E-state index contributed by atoms with van der Waals surface area (Å²) in [6, 6.07) is 10.6. The summed E-state index contributed by atoms with van der Waals surface area (Å²) < 4.78 is 6.24. The summed E-state index contributed by atoms with van der Waals surface area (Å²) in [5.41, 5.74) is 1.32. The van der Waals surface area contributed by atoms with E-state index < -0.39 is 0 Å². The number of benzene rings is 1. The summed E-state index contributed by atoms with van der Waals surface area (Å²) in [6.45, 7) is 1.55. The highest BCUT2D eigenvalue weighted by Crippen LogP contribution is 2.25. The van der Waals surface area contributed by atoms with Crippen molar-refractivity contribution in [1.29, 1.82) is 0 Å². The molecular formula is C15H13BrO3. The van der Waals surface area contributed by atoms with Crippen molar-refractivity contribution >= 4 is 21.7 Å². The second kappa shape index (κ2) is 5.97. The number of hydrogen-bond acceptors (Lipinski definition) is 3. The van der Waals surface area contributed by atoms with E-state index in [9.17, 15) is 9.59 Å². The van der Waals surface area contributed by atoms with Crippen molar-refractivity contribution in [1.82, 2.24) is 0 Å². The Morgan fingerprint density at radius 3 is 2.47 bits per heavy atom. The maximum Gasteiger partial charge on any atom is 0.336 e. The van der Waals surface area contributed by atoms with E-state index in [0.29, 0.717) is 18.6 Å². The fourth-order valence-electron chi connectivity index (χ4n) is 1.80. The first-order valence-corrected chi connectivity index (χ1v) is 6.74. The van der Waals surface area contributed by atoms with E-state index >= 15 is 0 Å². The zero-order valence-corrected chi connectivity index (χ0v) is 12.1. The van der Waals surface area contributed by atoms with Crippen LogP contribution in [0.4, 0.5) is 0 Å². The summed E-state index contributed by atoms with van der Waals surface area (Å²) in [6.07, 6.45) is 1.02. The number of Topliss-reactive ketones (excluding diaryl/α,β-unsaturated/α-hetero) is 1. The lowest BCUT2D eigenvalue weighted by molar-refractivity contribution is -0.116. The molecule has 0 N–H and O–H groups in total. The zero-order chi connectivity index (χ0) is 13.8. The van der Waals surface area contributed by atoms with Gasteiger partial charge >= 0.3 is 5.63 Å². The zero-order valence-electron chi connectivity index (χ0n) is 10.5. The molecule has 0 radical (unpaired) electrons. The van der Waals surface area contributed by atoms with Gasteiger partial charge in [-0.25, -0.2) is 4.79 Å². The van der Waals surface area contributed by atoms with Crippen LogP contribution in [-0.2, 0) is 11.2 Å². The lowest BCUT2D eigenvalue weighted by Crippen LogP contribution is -2.02. The van der Waals surface area contributed by atoms with Crippen LogP contribution in [-0.4, -0.2) is 5.78 Å². The molecule has 0 bridgehead atoms. The van der Waals surface area contributed by atoms with E-state index in [-0.39, 0.29) is 11.4 Å². The van der Waals surface area contributed by atoms with Crippen molar-refractivity contribution in [2.75, 3.05) is 0 Å². The number of aryl methyl sites for hydroxylation is 1. The highest BCUT2D eigenvalue weighted by molar-refractivity contribution is 9.10. The smallest absolute Gasteiger partial charge is 0.336 e. The third kappa shape index (κ3) is 3.64. The lowest BCUT2D eigenvalue weighted by Gasteiger charge is -2.07. The number of rotatable bonds is 4. The normalized spacial score (nSPS) is 10.4. The average molecular weight is 321 g/mol. The van der Waals surface area contributed by atoms with E-state index in [1.54, 1.807) is 13.0 Å². The highest BCUT2D eigenvalue weighted by atomic mass is 79.9. The van der Waals surface area contributed by atoms with Crippen LogP contribution < -0.4 is 5.63 Å². The molecule has 1 aromatic heterocycles. The highest BCUT2D eigenvalue weighted by Gasteiger charge is 2.09. The topological polar surface area (TPSA) is 47.3 Å². The molecule has 2 aromatic rings. The minimum absolute atomic E-state index is 0.118. The molecule has 0 saturated heterocycles. The maximum atomic E-state index is 11.4. The van der Waals surface area contributed by atoms with Crippen molar-refractivity contribution in [3.8, 4) is 11.3 Å². The molecule has 1 heterocycles. The van der Waals surface area contributed by atoms with Crippen molar-refractivity contribution in [3.05, 3.63) is 56.9 Å². The van der Waals surface area contributed by atoms with Gasteiger partial charge in [-0.2, -0.15) is 0 Å². The number of carbonyl (C=O) groups is 1. The first-order valence-electron chi connectivity index (χ1n) is 5.94. The molecule has 3 nitrogen and oxygen atoms in total. The van der Waals surface area contributed by atoms with Crippen LogP contribution >= 0.6 is 15.9 Å². The quantitative estimate of drug-likeness (QED) is 0.864. The minimum atomic E-state index is -0.385. The third-order valence-electron chi connectivity index (χ3n) is 2.77. The Balaban J connectivity index is 2.42. The van der Waals surface area contributed by atoms with Crippen LogP contribution in [0.3, 0.4) is 0 Å². The Morgan fingerprint density at radius 1 is 1.16 bits per heavy atom. The molecule has 19 heavy (non-hydrogen) atoms. The lowest BCUT2D eigenvalue weighted by atomic mass is 10.0. The molecule has 98 valence electrons. The molecule has 0 atom stereocenters. The van der Waals surface area contributed by atoms with Gasteiger partial charge in [0.15, 0.2) is 0 Å². The Hall–Kier alpha value is -1.68. The summed E-state index contributed by atoms with van der Waals surface area (Å²) in [7, 11) is 0. The Labute approximate surface area is 119 Å². The van der Waals surface area contributed by atoms with Crippen LogP contribution in [0.5, 0.6) is 0 Å². The van der Waals surface area contributed by atoms with Crippen molar-refractivity contribution in [2.24, 2.45) is 0 Å². The van der Waals surface area contributed by atoms with Gasteiger partial charge in [0.05, 0.1) is 0 Å². The number of carbonyl (C=O) groups excluding carboxylic acids is 1. The summed E-state index contributed by atoms with van der Waals surface area (Å²) in [5.74, 6) is 0.661. The molecule has 0 unspecified atom stereocenters. The van der Waals surface area contributed by atoms with E-state index in [2.05, 4.69) is 15.9 Å². The second-order valence-corrected chi connectivity index (χ2v) is 5.23. The van der Waals surface area contributed by atoms with Gasteiger partial charge in [0.25, 0.3) is 0 Å². The predicted octanol–water partition coefficient (Wildman–Crippen LogP) is 3.59. The predicted molar refractivity (Wildman–Crippen MR) is 77.1 cm³/mol. The molecule has 0 fully saturated rings. The van der Waals surface area contributed by atoms with Gasteiger partial charge in [0.2, 0.25) is 0 Å². The largest absolute Gasteiger partial charge is 0.422 e. The molecule has 0 aliphatic carbocycles. The molecule has 0 spiro atoms. The van der Waals surface area contributed by atoms with Gasteiger partial charge in [0, 0.05) is 22.5 Å². The van der Waals surface area contributed by atoms with Crippen LogP contribution in [0.2, 0.25) is 0 Å². The second-order valence-electron chi connectivity index (χ2n) is 4.32. The molecule has 0 saturated carbocycles. The molecule has 2 rings (SSSR count). The maximum absolute atomic E-state index is 11.4. The average Bonchev–Trinajstić information content (AvgIpc) is 2.38. The Bertz CT molecular complexity index is 641. The SMILES string of the molecule is CC(=O)CCc1ccc(=O)oc1-c1ccc(Br)cc1. The van der Waals surface area contributed by atoms with Gasteiger partial charge in [-0.3, -0.25) is 0 Å². The van der Waals surface area contributed by atoms with Gasteiger partial charge in [-0.05, 0) is 37.1 Å². The fourth-order valence-corrected chi connectivity index (χ4v) is 2.06. The van der Waals surface area contributed by atoms with E-state index in [4.69, 9.17) is 4.42 Å².